The van der Waals surface area contributed by atoms with E-state index in [0.29, 0.717) is 13.1 Å². The average molecular weight is 262 g/mol. The van der Waals surface area contributed by atoms with Crippen molar-refractivity contribution in [3.8, 4) is 0 Å². The van der Waals surface area contributed by atoms with Crippen LogP contribution in [0.4, 0.5) is 0 Å². The Morgan fingerprint density at radius 1 is 1.53 bits per heavy atom. The highest BCUT2D eigenvalue weighted by Gasteiger charge is 2.21. The summed E-state index contributed by atoms with van der Waals surface area (Å²) in [4.78, 5) is 13.7. The maximum atomic E-state index is 11.5. The number of nitrogens with one attached hydrogen (secondary N) is 1. The van der Waals surface area contributed by atoms with E-state index < -0.39 is 5.91 Å². The monoisotopic (exact) mass is 262 g/mol. The Labute approximate surface area is 109 Å². The molecular formula is C11H14N6O2. The number of rotatable bonds is 3. The lowest BCUT2D eigenvalue weighted by atomic mass is 10.2. The van der Waals surface area contributed by atoms with Crippen LogP contribution in [0.25, 0.3) is 0 Å². The summed E-state index contributed by atoms with van der Waals surface area (Å²) in [6.45, 7) is 3.04. The summed E-state index contributed by atoms with van der Waals surface area (Å²) in [5.74, 6) is 5.89. The van der Waals surface area contributed by atoms with Gasteiger partial charge in [-0.15, -0.1) is 10.2 Å². The van der Waals surface area contributed by atoms with Gasteiger partial charge in [-0.3, -0.25) is 15.1 Å². The second-order valence-corrected chi connectivity index (χ2v) is 4.40. The molecule has 0 saturated heterocycles. The van der Waals surface area contributed by atoms with E-state index in [-0.39, 0.29) is 5.76 Å². The first kappa shape index (κ1) is 11.9. The summed E-state index contributed by atoms with van der Waals surface area (Å²) in [7, 11) is 0. The molecule has 3 N–H and O–H groups in total. The summed E-state index contributed by atoms with van der Waals surface area (Å²) in [6.07, 6.45) is 3.23. The van der Waals surface area contributed by atoms with Crippen LogP contribution < -0.4 is 11.3 Å². The van der Waals surface area contributed by atoms with Crippen molar-refractivity contribution < 1.29 is 9.21 Å². The quantitative estimate of drug-likeness (QED) is 0.439. The fourth-order valence-corrected chi connectivity index (χ4v) is 2.22. The summed E-state index contributed by atoms with van der Waals surface area (Å²) >= 11 is 0. The first-order valence-electron chi connectivity index (χ1n) is 5.94. The van der Waals surface area contributed by atoms with Gasteiger partial charge in [0.25, 0.3) is 0 Å². The van der Waals surface area contributed by atoms with Crippen LogP contribution in [-0.2, 0) is 19.6 Å². The predicted octanol–water partition coefficient (Wildman–Crippen LogP) is -0.510. The molecule has 0 spiro atoms. The molecule has 0 aromatic carbocycles. The van der Waals surface area contributed by atoms with Crippen molar-refractivity contribution in [2.45, 2.75) is 19.6 Å². The van der Waals surface area contributed by atoms with E-state index in [1.54, 1.807) is 12.4 Å². The van der Waals surface area contributed by atoms with Gasteiger partial charge in [0.1, 0.15) is 12.2 Å². The second-order valence-electron chi connectivity index (χ2n) is 4.40. The van der Waals surface area contributed by atoms with E-state index in [0.717, 1.165) is 24.5 Å². The smallest absolute Gasteiger partial charge is 0.301 e. The molecule has 19 heavy (non-hydrogen) atoms. The fourth-order valence-electron chi connectivity index (χ4n) is 2.22. The van der Waals surface area contributed by atoms with Crippen molar-refractivity contribution in [2.24, 2.45) is 5.84 Å². The third kappa shape index (κ3) is 2.23. The highest BCUT2D eigenvalue weighted by Crippen LogP contribution is 2.17. The maximum absolute atomic E-state index is 11.5. The molecule has 1 aliphatic rings. The molecule has 0 unspecified atom stereocenters. The minimum absolute atomic E-state index is 0.259. The molecule has 0 radical (unpaired) electrons. The van der Waals surface area contributed by atoms with Crippen LogP contribution in [0.3, 0.4) is 0 Å². The van der Waals surface area contributed by atoms with Gasteiger partial charge in [0.05, 0.1) is 12.8 Å². The Morgan fingerprint density at radius 3 is 3.26 bits per heavy atom. The van der Waals surface area contributed by atoms with Gasteiger partial charge in [-0.1, -0.05) is 0 Å². The zero-order chi connectivity index (χ0) is 13.2. The first-order valence-corrected chi connectivity index (χ1v) is 5.94. The molecule has 2 aromatic rings. The fraction of sp³-hybridized carbons (Fsp3) is 0.364. The molecule has 3 rings (SSSR count). The van der Waals surface area contributed by atoms with Gasteiger partial charge in [0, 0.05) is 25.2 Å². The number of nitrogen functional groups attached to an aromatic ring is 1. The van der Waals surface area contributed by atoms with E-state index in [2.05, 4.69) is 20.5 Å². The van der Waals surface area contributed by atoms with E-state index in [1.807, 2.05) is 4.57 Å². The van der Waals surface area contributed by atoms with Crippen LogP contribution in [-0.4, -0.2) is 32.1 Å². The predicted molar refractivity (Wildman–Crippen MR) is 64.5 cm³/mol. The summed E-state index contributed by atoms with van der Waals surface area (Å²) in [5, 5.41) is 7.94. The Bertz CT molecular complexity index is 590. The first-order chi connectivity index (χ1) is 9.28. The average Bonchev–Trinajstić information content (AvgIpc) is 3.06. The lowest BCUT2D eigenvalue weighted by molar-refractivity contribution is 0.0922. The van der Waals surface area contributed by atoms with Crippen molar-refractivity contribution in [3.05, 3.63) is 35.8 Å². The van der Waals surface area contributed by atoms with Crippen molar-refractivity contribution in [1.29, 1.82) is 0 Å². The molecular weight excluding hydrogens is 248 g/mol. The van der Waals surface area contributed by atoms with Gasteiger partial charge >= 0.3 is 5.91 Å². The van der Waals surface area contributed by atoms with Crippen LogP contribution >= 0.6 is 0 Å². The number of carbonyl (C=O) groups is 1. The standard InChI is InChI=1S/C11H14N6O2/c12-14-11(18)10-8(1-4-19-10)5-16-2-3-17-7-13-15-9(17)6-16/h1,4,7H,2-3,5-6,12H2,(H,14,18). The molecule has 0 fully saturated rings. The van der Waals surface area contributed by atoms with Crippen molar-refractivity contribution >= 4 is 5.91 Å². The third-order valence-corrected chi connectivity index (χ3v) is 3.20. The van der Waals surface area contributed by atoms with Gasteiger partial charge in [-0.05, 0) is 6.07 Å². The molecule has 1 aliphatic heterocycles. The van der Waals surface area contributed by atoms with Crippen molar-refractivity contribution in [3.63, 3.8) is 0 Å². The number of aromatic nitrogens is 3. The topological polar surface area (TPSA) is 102 Å². The van der Waals surface area contributed by atoms with Crippen LogP contribution in [0.2, 0.25) is 0 Å². The van der Waals surface area contributed by atoms with E-state index in [4.69, 9.17) is 10.3 Å². The lowest BCUT2D eigenvalue weighted by Crippen LogP contribution is -2.34. The SMILES string of the molecule is NNC(=O)c1occc1CN1CCn2cnnc2C1. The summed E-state index contributed by atoms with van der Waals surface area (Å²) in [6, 6.07) is 1.78. The number of furan rings is 1. The molecule has 2 aromatic heterocycles. The van der Waals surface area contributed by atoms with Crippen LogP contribution in [0.5, 0.6) is 0 Å². The number of nitrogens with zero attached hydrogens (tertiary/aromatic N) is 4. The Kier molecular flexibility index (Phi) is 3.02. The number of fused-ring (bicyclic) bond motifs is 1. The molecule has 0 aliphatic carbocycles. The molecule has 0 atom stereocenters. The van der Waals surface area contributed by atoms with Gasteiger partial charge < -0.3 is 8.98 Å². The van der Waals surface area contributed by atoms with Crippen LogP contribution in [0.1, 0.15) is 21.9 Å². The second kappa shape index (κ2) is 4.82. The molecule has 100 valence electrons. The minimum Gasteiger partial charge on any atom is -0.459 e. The minimum atomic E-state index is -0.417. The normalized spacial score (nSPS) is 15.2. The van der Waals surface area contributed by atoms with E-state index in [9.17, 15) is 4.79 Å². The largest absolute Gasteiger partial charge is 0.459 e. The van der Waals surface area contributed by atoms with Gasteiger partial charge in [0.2, 0.25) is 0 Å². The molecule has 3 heterocycles. The zero-order valence-electron chi connectivity index (χ0n) is 10.2. The summed E-state index contributed by atoms with van der Waals surface area (Å²) in [5.41, 5.74) is 2.89. The Hall–Kier alpha value is -2.19. The van der Waals surface area contributed by atoms with Crippen LogP contribution in [0, 0.1) is 0 Å². The molecule has 8 heteroatoms. The van der Waals surface area contributed by atoms with Crippen LogP contribution in [0.15, 0.2) is 23.1 Å². The molecule has 0 saturated carbocycles. The number of carbonyl (C=O) groups excluding carboxylic acids is 1. The molecule has 8 nitrogen and oxygen atoms in total. The Morgan fingerprint density at radius 2 is 2.42 bits per heavy atom. The molecule has 1 amide bonds. The highest BCUT2D eigenvalue weighted by molar-refractivity contribution is 5.92. The van der Waals surface area contributed by atoms with Gasteiger partial charge in [-0.25, -0.2) is 5.84 Å². The summed E-state index contributed by atoms with van der Waals surface area (Å²) < 4.78 is 7.19. The van der Waals surface area contributed by atoms with Crippen molar-refractivity contribution in [1.82, 2.24) is 25.1 Å². The van der Waals surface area contributed by atoms with Crippen molar-refractivity contribution in [2.75, 3.05) is 6.54 Å². The lowest BCUT2D eigenvalue weighted by Gasteiger charge is -2.26. The van der Waals surface area contributed by atoms with Gasteiger partial charge in [-0.2, -0.15) is 0 Å². The third-order valence-electron chi connectivity index (χ3n) is 3.20. The number of hydrogen-bond acceptors (Lipinski definition) is 6. The number of hydrogen-bond donors (Lipinski definition) is 2. The van der Waals surface area contributed by atoms with Gasteiger partial charge in [0.15, 0.2) is 5.76 Å². The number of nitrogens with two attached hydrogens (primary N) is 1. The highest BCUT2D eigenvalue weighted by atomic mass is 16.3. The van der Waals surface area contributed by atoms with E-state index >= 15 is 0 Å². The Balaban J connectivity index is 1.73. The zero-order valence-corrected chi connectivity index (χ0v) is 10.2. The van der Waals surface area contributed by atoms with E-state index in [1.165, 1.54) is 6.26 Å². The molecule has 0 bridgehead atoms. The maximum Gasteiger partial charge on any atom is 0.301 e. The number of amides is 1. The number of hydrazine groups is 1.